The van der Waals surface area contributed by atoms with E-state index in [2.05, 4.69) is 22.3 Å². The molecule has 0 aliphatic carbocycles. The fourth-order valence-corrected chi connectivity index (χ4v) is 5.16. The maximum absolute atomic E-state index is 13.1. The van der Waals surface area contributed by atoms with E-state index in [-0.39, 0.29) is 5.91 Å². The zero-order valence-electron chi connectivity index (χ0n) is 19.5. The first kappa shape index (κ1) is 25.0. The number of benzene rings is 2. The second-order valence-corrected chi connectivity index (χ2v) is 9.97. The van der Waals surface area contributed by atoms with Crippen LogP contribution in [-0.4, -0.2) is 64.9 Å². The van der Waals surface area contributed by atoms with Crippen LogP contribution in [0.25, 0.3) is 0 Å². The van der Waals surface area contributed by atoms with Crippen molar-refractivity contribution >= 4 is 21.6 Å². The lowest BCUT2D eigenvalue weighted by Gasteiger charge is -2.30. The molecule has 1 heterocycles. The standard InChI is InChI=1S/C24H33N3O5S/c1-4-23(27(33(3,29)30)21-8-10-22(31-2)11-9-21)24(28)25-17-19-6-5-7-20(16-19)18-26-12-14-32-15-13-26/h5-11,16,23H,4,12-15,17-18H2,1-3H3,(H,25,28)/t23-/m0/s1. The molecule has 180 valence electrons. The molecule has 33 heavy (non-hydrogen) atoms. The number of ether oxygens (including phenoxy) is 2. The van der Waals surface area contributed by atoms with Crippen LogP contribution in [0.3, 0.4) is 0 Å². The number of hydrogen-bond donors (Lipinski definition) is 1. The highest BCUT2D eigenvalue weighted by molar-refractivity contribution is 7.92. The SMILES string of the molecule is CC[C@@H](C(=O)NCc1cccc(CN2CCOCC2)c1)N(c1ccc(OC)cc1)S(C)(=O)=O. The summed E-state index contributed by atoms with van der Waals surface area (Å²) in [5, 5.41) is 2.92. The lowest BCUT2D eigenvalue weighted by molar-refractivity contribution is -0.122. The minimum absolute atomic E-state index is 0.326. The predicted octanol–water partition coefficient (Wildman–Crippen LogP) is 2.39. The largest absolute Gasteiger partial charge is 0.497 e. The van der Waals surface area contributed by atoms with E-state index >= 15 is 0 Å². The van der Waals surface area contributed by atoms with Gasteiger partial charge in [0, 0.05) is 26.2 Å². The van der Waals surface area contributed by atoms with Crippen LogP contribution in [0.15, 0.2) is 48.5 Å². The molecular weight excluding hydrogens is 442 g/mol. The molecule has 0 radical (unpaired) electrons. The van der Waals surface area contributed by atoms with E-state index in [4.69, 9.17) is 9.47 Å². The molecule has 1 amide bonds. The third-order valence-electron chi connectivity index (χ3n) is 5.62. The van der Waals surface area contributed by atoms with Gasteiger partial charge in [-0.3, -0.25) is 14.0 Å². The molecule has 1 aliphatic heterocycles. The zero-order valence-corrected chi connectivity index (χ0v) is 20.3. The van der Waals surface area contributed by atoms with Crippen LogP contribution in [0.1, 0.15) is 24.5 Å². The molecule has 1 N–H and O–H groups in total. The highest BCUT2D eigenvalue weighted by atomic mass is 32.2. The Balaban J connectivity index is 1.69. The summed E-state index contributed by atoms with van der Waals surface area (Å²) < 4.78 is 36.9. The molecule has 1 saturated heterocycles. The number of morpholine rings is 1. The van der Waals surface area contributed by atoms with Crippen molar-refractivity contribution in [2.24, 2.45) is 0 Å². The van der Waals surface area contributed by atoms with Gasteiger partial charge in [-0.15, -0.1) is 0 Å². The minimum Gasteiger partial charge on any atom is -0.497 e. The summed E-state index contributed by atoms with van der Waals surface area (Å²) in [5.74, 6) is 0.277. The molecule has 2 aromatic carbocycles. The molecule has 1 fully saturated rings. The molecule has 0 aromatic heterocycles. The van der Waals surface area contributed by atoms with Gasteiger partial charge in [-0.05, 0) is 41.8 Å². The van der Waals surface area contributed by atoms with E-state index in [1.807, 2.05) is 12.1 Å². The third-order valence-corrected chi connectivity index (χ3v) is 6.80. The Kier molecular flexibility index (Phi) is 8.71. The average Bonchev–Trinajstić information content (AvgIpc) is 2.81. The van der Waals surface area contributed by atoms with Gasteiger partial charge < -0.3 is 14.8 Å². The number of hydrogen-bond acceptors (Lipinski definition) is 6. The molecule has 3 rings (SSSR count). The fourth-order valence-electron chi connectivity index (χ4n) is 3.95. The van der Waals surface area contributed by atoms with Crippen LogP contribution in [-0.2, 0) is 32.6 Å². The number of carbonyl (C=O) groups is 1. The fraction of sp³-hybridized carbons (Fsp3) is 0.458. The number of sulfonamides is 1. The summed E-state index contributed by atoms with van der Waals surface area (Å²) in [6.45, 7) is 6.28. The number of nitrogens with one attached hydrogen (secondary N) is 1. The Labute approximate surface area is 196 Å². The van der Waals surface area contributed by atoms with Crippen LogP contribution in [0.4, 0.5) is 5.69 Å². The first-order valence-corrected chi connectivity index (χ1v) is 13.0. The highest BCUT2D eigenvalue weighted by Crippen LogP contribution is 2.25. The summed E-state index contributed by atoms with van der Waals surface area (Å²) >= 11 is 0. The molecule has 0 spiro atoms. The van der Waals surface area contributed by atoms with E-state index in [1.54, 1.807) is 38.3 Å². The van der Waals surface area contributed by atoms with E-state index in [0.29, 0.717) is 24.4 Å². The van der Waals surface area contributed by atoms with Gasteiger partial charge in [0.1, 0.15) is 11.8 Å². The minimum atomic E-state index is -3.68. The number of rotatable bonds is 10. The Bertz CT molecular complexity index is 1020. The van der Waals surface area contributed by atoms with Crippen molar-refractivity contribution in [3.8, 4) is 5.75 Å². The monoisotopic (exact) mass is 475 g/mol. The molecule has 2 aromatic rings. The van der Waals surface area contributed by atoms with Crippen LogP contribution < -0.4 is 14.4 Å². The van der Waals surface area contributed by atoms with Gasteiger partial charge >= 0.3 is 0 Å². The number of methoxy groups -OCH3 is 1. The van der Waals surface area contributed by atoms with Gasteiger partial charge in [-0.25, -0.2) is 8.42 Å². The van der Waals surface area contributed by atoms with E-state index < -0.39 is 16.1 Å². The number of amides is 1. The summed E-state index contributed by atoms with van der Waals surface area (Å²) in [7, 11) is -2.14. The Morgan fingerprint density at radius 3 is 2.42 bits per heavy atom. The lowest BCUT2D eigenvalue weighted by atomic mass is 10.1. The Hall–Kier alpha value is -2.62. The number of carbonyl (C=O) groups excluding carboxylic acids is 1. The van der Waals surface area contributed by atoms with Crippen molar-refractivity contribution in [2.75, 3.05) is 44.0 Å². The molecule has 0 bridgehead atoms. The Morgan fingerprint density at radius 1 is 1.15 bits per heavy atom. The summed E-state index contributed by atoms with van der Waals surface area (Å²) in [4.78, 5) is 15.4. The van der Waals surface area contributed by atoms with Crippen molar-refractivity contribution in [3.63, 3.8) is 0 Å². The van der Waals surface area contributed by atoms with Crippen molar-refractivity contribution in [1.29, 1.82) is 0 Å². The maximum Gasteiger partial charge on any atom is 0.244 e. The quantitative estimate of drug-likeness (QED) is 0.568. The van der Waals surface area contributed by atoms with Crippen molar-refractivity contribution in [3.05, 3.63) is 59.7 Å². The first-order valence-electron chi connectivity index (χ1n) is 11.1. The Morgan fingerprint density at radius 2 is 1.82 bits per heavy atom. The van der Waals surface area contributed by atoms with Gasteiger partial charge in [-0.1, -0.05) is 31.2 Å². The number of anilines is 1. The van der Waals surface area contributed by atoms with E-state index in [1.165, 1.54) is 9.87 Å². The molecule has 1 aliphatic rings. The average molecular weight is 476 g/mol. The lowest BCUT2D eigenvalue weighted by Crippen LogP contribution is -2.49. The summed E-state index contributed by atoms with van der Waals surface area (Å²) in [6, 6.07) is 13.9. The van der Waals surface area contributed by atoms with Gasteiger partial charge in [0.2, 0.25) is 15.9 Å². The molecular formula is C24H33N3O5S. The molecule has 1 atom stereocenters. The van der Waals surface area contributed by atoms with Gasteiger partial charge in [-0.2, -0.15) is 0 Å². The molecule has 0 unspecified atom stereocenters. The summed E-state index contributed by atoms with van der Waals surface area (Å²) in [6.07, 6.45) is 1.45. The van der Waals surface area contributed by atoms with Crippen LogP contribution in [0.2, 0.25) is 0 Å². The predicted molar refractivity (Wildman–Crippen MR) is 129 cm³/mol. The van der Waals surface area contributed by atoms with Crippen LogP contribution in [0, 0.1) is 0 Å². The van der Waals surface area contributed by atoms with E-state index in [0.717, 1.165) is 44.7 Å². The van der Waals surface area contributed by atoms with Gasteiger partial charge in [0.15, 0.2) is 0 Å². The second kappa shape index (κ2) is 11.5. The van der Waals surface area contributed by atoms with Crippen LogP contribution in [0.5, 0.6) is 5.75 Å². The molecule has 0 saturated carbocycles. The van der Waals surface area contributed by atoms with Crippen molar-refractivity contribution in [1.82, 2.24) is 10.2 Å². The first-order chi connectivity index (χ1) is 15.8. The third kappa shape index (κ3) is 6.93. The number of nitrogens with zero attached hydrogens (tertiary/aromatic N) is 2. The van der Waals surface area contributed by atoms with Gasteiger partial charge in [0.25, 0.3) is 0 Å². The topological polar surface area (TPSA) is 88.2 Å². The summed E-state index contributed by atoms with van der Waals surface area (Å²) in [5.41, 5.74) is 2.57. The molecule has 8 nitrogen and oxygen atoms in total. The molecule has 9 heteroatoms. The smallest absolute Gasteiger partial charge is 0.244 e. The maximum atomic E-state index is 13.1. The normalized spacial score (nSPS) is 15.6. The van der Waals surface area contributed by atoms with Crippen LogP contribution >= 0.6 is 0 Å². The van der Waals surface area contributed by atoms with Crippen molar-refractivity contribution in [2.45, 2.75) is 32.5 Å². The highest BCUT2D eigenvalue weighted by Gasteiger charge is 2.31. The van der Waals surface area contributed by atoms with E-state index in [9.17, 15) is 13.2 Å². The van der Waals surface area contributed by atoms with Gasteiger partial charge in [0.05, 0.1) is 32.3 Å². The zero-order chi connectivity index (χ0) is 23.8. The second-order valence-electron chi connectivity index (χ2n) is 8.11. The van der Waals surface area contributed by atoms with Crippen molar-refractivity contribution < 1.29 is 22.7 Å².